The van der Waals surface area contributed by atoms with Crippen molar-refractivity contribution in [2.45, 2.75) is 0 Å². The number of aromatic nitrogens is 2. The molecule has 6 nitrogen and oxygen atoms in total. The molecule has 80 valence electrons. The number of rotatable bonds is 1. The third-order valence-corrected chi connectivity index (χ3v) is 2.10. The van der Waals surface area contributed by atoms with Crippen molar-refractivity contribution in [2.75, 3.05) is 7.11 Å². The summed E-state index contributed by atoms with van der Waals surface area (Å²) in [5, 5.41) is 4.46. The van der Waals surface area contributed by atoms with Gasteiger partial charge in [0.25, 0.3) is 0 Å². The Hall–Kier alpha value is -2.46. The number of benzene rings is 1. The summed E-state index contributed by atoms with van der Waals surface area (Å²) in [6.45, 7) is 0. The molecule has 1 aromatic carbocycles. The Morgan fingerprint density at radius 1 is 1.56 bits per heavy atom. The van der Waals surface area contributed by atoms with E-state index in [0.717, 1.165) is 4.68 Å². The molecule has 0 aliphatic rings. The maximum absolute atomic E-state index is 11.3. The molecule has 0 saturated carbocycles. The molecular formula is C10H7N3O3. The first-order valence-corrected chi connectivity index (χ1v) is 4.41. The van der Waals surface area contributed by atoms with E-state index < -0.39 is 6.09 Å². The molecule has 6 heteroatoms. The summed E-state index contributed by atoms with van der Waals surface area (Å²) in [7, 11) is 1.27. The van der Waals surface area contributed by atoms with E-state index >= 15 is 0 Å². The van der Waals surface area contributed by atoms with E-state index in [1.165, 1.54) is 19.4 Å². The number of carbonyl (C=O) groups excluding carboxylic acids is 2. The van der Waals surface area contributed by atoms with Crippen molar-refractivity contribution >= 4 is 28.8 Å². The fourth-order valence-electron chi connectivity index (χ4n) is 1.41. The van der Waals surface area contributed by atoms with Gasteiger partial charge in [0.1, 0.15) is 0 Å². The lowest BCUT2D eigenvalue weighted by molar-refractivity contribution is 0.170. The van der Waals surface area contributed by atoms with Crippen LogP contribution in [0.3, 0.4) is 0 Å². The highest BCUT2D eigenvalue weighted by atomic mass is 16.5. The Morgan fingerprint density at radius 3 is 3.06 bits per heavy atom. The smallest absolute Gasteiger partial charge is 0.434 e. The molecule has 0 spiro atoms. The maximum Gasteiger partial charge on any atom is 0.434 e. The van der Waals surface area contributed by atoms with Crippen molar-refractivity contribution in [1.29, 1.82) is 0 Å². The predicted molar refractivity (Wildman–Crippen MR) is 55.3 cm³/mol. The lowest BCUT2D eigenvalue weighted by Gasteiger charge is -1.99. The second kappa shape index (κ2) is 3.96. The average molecular weight is 217 g/mol. The summed E-state index contributed by atoms with van der Waals surface area (Å²) in [6, 6.07) is 4.99. The Bertz CT molecular complexity index is 596. The number of aliphatic imine (C=N–C) groups is 1. The fourth-order valence-corrected chi connectivity index (χ4v) is 1.41. The summed E-state index contributed by atoms with van der Waals surface area (Å²) in [5.41, 5.74) is 0.950. The number of methoxy groups -OCH3 is 1. The highest BCUT2D eigenvalue weighted by molar-refractivity contribution is 5.95. The van der Waals surface area contributed by atoms with Crippen molar-refractivity contribution in [1.82, 2.24) is 9.78 Å². The monoisotopic (exact) mass is 217 g/mol. The van der Waals surface area contributed by atoms with Gasteiger partial charge in [0.2, 0.25) is 6.08 Å². The highest BCUT2D eigenvalue weighted by Gasteiger charge is 2.12. The van der Waals surface area contributed by atoms with Gasteiger partial charge in [0.05, 0.1) is 24.5 Å². The van der Waals surface area contributed by atoms with Crippen LogP contribution in [-0.4, -0.2) is 29.1 Å². The topological polar surface area (TPSA) is 73.6 Å². The van der Waals surface area contributed by atoms with Crippen LogP contribution in [0, 0.1) is 0 Å². The molecule has 1 heterocycles. The van der Waals surface area contributed by atoms with Gasteiger partial charge in [-0.2, -0.15) is 14.8 Å². The minimum absolute atomic E-state index is 0.419. The van der Waals surface area contributed by atoms with Gasteiger partial charge in [-0.1, -0.05) is 6.07 Å². The zero-order chi connectivity index (χ0) is 11.5. The van der Waals surface area contributed by atoms with Crippen LogP contribution in [0.1, 0.15) is 0 Å². The molecule has 2 rings (SSSR count). The van der Waals surface area contributed by atoms with E-state index in [9.17, 15) is 9.59 Å². The fraction of sp³-hybridized carbons (Fsp3) is 0.100. The third kappa shape index (κ3) is 1.47. The van der Waals surface area contributed by atoms with Crippen molar-refractivity contribution in [3.05, 3.63) is 24.4 Å². The molecule has 0 unspecified atom stereocenters. The molecule has 0 fully saturated rings. The molecule has 2 aromatic rings. The maximum atomic E-state index is 11.3. The molecule has 0 atom stereocenters. The summed E-state index contributed by atoms with van der Waals surface area (Å²) in [6.07, 6.45) is 2.30. The molecule has 0 amide bonds. The van der Waals surface area contributed by atoms with E-state index in [4.69, 9.17) is 0 Å². The van der Waals surface area contributed by atoms with E-state index in [1.807, 2.05) is 0 Å². The zero-order valence-electron chi connectivity index (χ0n) is 8.38. The molecule has 0 aliphatic heterocycles. The number of nitrogens with zero attached hydrogens (tertiary/aromatic N) is 3. The minimum atomic E-state index is -0.595. The van der Waals surface area contributed by atoms with Gasteiger partial charge < -0.3 is 4.74 Å². The lowest BCUT2D eigenvalue weighted by atomic mass is 10.2. The Kier molecular flexibility index (Phi) is 2.49. The van der Waals surface area contributed by atoms with E-state index in [2.05, 4.69) is 14.8 Å². The van der Waals surface area contributed by atoms with Crippen molar-refractivity contribution in [2.24, 2.45) is 4.99 Å². The number of carbonyl (C=O) groups is 1. The second-order valence-corrected chi connectivity index (χ2v) is 2.94. The standard InChI is InChI=1S/C10H7N3O3/c1-16-10(15)13-9-4-2-3-8(11-6-14)7(9)5-12-13/h2-5H,1H3. The summed E-state index contributed by atoms with van der Waals surface area (Å²) < 4.78 is 5.65. The van der Waals surface area contributed by atoms with Gasteiger partial charge in [-0.05, 0) is 12.1 Å². The van der Waals surface area contributed by atoms with Gasteiger partial charge >= 0.3 is 6.09 Å². The first-order valence-electron chi connectivity index (χ1n) is 4.41. The van der Waals surface area contributed by atoms with Gasteiger partial charge in [-0.3, -0.25) is 0 Å². The van der Waals surface area contributed by atoms with E-state index in [-0.39, 0.29) is 0 Å². The molecule has 0 aliphatic carbocycles. The molecular weight excluding hydrogens is 210 g/mol. The summed E-state index contributed by atoms with van der Waals surface area (Å²) >= 11 is 0. The van der Waals surface area contributed by atoms with Crippen LogP contribution in [0.25, 0.3) is 10.9 Å². The second-order valence-electron chi connectivity index (χ2n) is 2.94. The Morgan fingerprint density at radius 2 is 2.38 bits per heavy atom. The van der Waals surface area contributed by atoms with Gasteiger partial charge in [-0.15, -0.1) is 0 Å². The number of isocyanates is 1. The van der Waals surface area contributed by atoms with Crippen LogP contribution in [0.4, 0.5) is 10.5 Å². The first kappa shape index (κ1) is 10.1. The van der Waals surface area contributed by atoms with Crippen molar-refractivity contribution < 1.29 is 14.3 Å². The summed E-state index contributed by atoms with van der Waals surface area (Å²) in [5.74, 6) is 0. The van der Waals surface area contributed by atoms with Crippen LogP contribution in [0.5, 0.6) is 0 Å². The Labute approximate surface area is 90.1 Å². The predicted octanol–water partition coefficient (Wildman–Crippen LogP) is 1.62. The van der Waals surface area contributed by atoms with E-state index in [1.54, 1.807) is 18.2 Å². The first-order chi connectivity index (χ1) is 7.77. The average Bonchev–Trinajstić information content (AvgIpc) is 2.73. The highest BCUT2D eigenvalue weighted by Crippen LogP contribution is 2.25. The summed E-state index contributed by atoms with van der Waals surface area (Å²) in [4.78, 5) is 25.1. The lowest BCUT2D eigenvalue weighted by Crippen LogP contribution is -2.12. The molecule has 0 N–H and O–H groups in total. The van der Waals surface area contributed by atoms with Crippen LogP contribution in [0.2, 0.25) is 0 Å². The SMILES string of the molecule is COC(=O)n1ncc2c(N=C=O)cccc21. The largest absolute Gasteiger partial charge is 0.451 e. The number of hydrogen-bond donors (Lipinski definition) is 0. The van der Waals surface area contributed by atoms with Gasteiger partial charge in [0, 0.05) is 5.39 Å². The van der Waals surface area contributed by atoms with Crippen LogP contribution in [-0.2, 0) is 9.53 Å². The van der Waals surface area contributed by atoms with Crippen molar-refractivity contribution in [3.8, 4) is 0 Å². The molecule has 0 radical (unpaired) electrons. The van der Waals surface area contributed by atoms with Gasteiger partial charge in [0.15, 0.2) is 0 Å². The minimum Gasteiger partial charge on any atom is -0.451 e. The van der Waals surface area contributed by atoms with Crippen LogP contribution in [0.15, 0.2) is 29.4 Å². The normalized spacial score (nSPS) is 9.81. The third-order valence-electron chi connectivity index (χ3n) is 2.10. The number of hydrogen-bond acceptors (Lipinski definition) is 5. The quantitative estimate of drug-likeness (QED) is 0.537. The number of fused-ring (bicyclic) bond motifs is 1. The van der Waals surface area contributed by atoms with E-state index in [0.29, 0.717) is 16.6 Å². The molecule has 0 bridgehead atoms. The number of ether oxygens (including phenoxy) is 1. The molecule has 16 heavy (non-hydrogen) atoms. The van der Waals surface area contributed by atoms with Gasteiger partial charge in [-0.25, -0.2) is 9.59 Å². The van der Waals surface area contributed by atoms with Crippen LogP contribution < -0.4 is 0 Å². The van der Waals surface area contributed by atoms with Crippen LogP contribution >= 0.6 is 0 Å². The Balaban J connectivity index is 2.70. The van der Waals surface area contributed by atoms with Crippen molar-refractivity contribution in [3.63, 3.8) is 0 Å². The zero-order valence-corrected chi connectivity index (χ0v) is 8.38. The molecule has 0 saturated heterocycles. The molecule has 1 aromatic heterocycles.